The van der Waals surface area contributed by atoms with E-state index in [4.69, 9.17) is 11.6 Å². The highest BCUT2D eigenvalue weighted by molar-refractivity contribution is 6.33. The predicted molar refractivity (Wildman–Crippen MR) is 97.1 cm³/mol. The Morgan fingerprint density at radius 1 is 1.15 bits per heavy atom. The third-order valence-electron chi connectivity index (χ3n) is 3.92. The quantitative estimate of drug-likeness (QED) is 0.710. The Kier molecular flexibility index (Phi) is 7.06. The molecule has 2 aromatic rings. The molecule has 0 saturated carbocycles. The van der Waals surface area contributed by atoms with Gasteiger partial charge in [0, 0.05) is 19.5 Å². The number of carbonyl (C=O) groups excluding carboxylic acids is 1. The largest absolute Gasteiger partial charge is 0.416 e. The highest BCUT2D eigenvalue weighted by Gasteiger charge is 2.31. The summed E-state index contributed by atoms with van der Waals surface area (Å²) >= 11 is 5.90. The summed E-state index contributed by atoms with van der Waals surface area (Å²) in [5.41, 5.74) is 0.254. The first-order valence-corrected chi connectivity index (χ1v) is 8.60. The number of nitrogens with zero attached hydrogens (tertiary/aromatic N) is 1. The summed E-state index contributed by atoms with van der Waals surface area (Å²) in [6.45, 7) is 3.94. The summed E-state index contributed by atoms with van der Waals surface area (Å²) < 4.78 is 38.3. The lowest BCUT2D eigenvalue weighted by Crippen LogP contribution is -2.27. The van der Waals surface area contributed by atoms with E-state index in [-0.39, 0.29) is 23.0 Å². The molecule has 0 saturated heterocycles. The number of alkyl halides is 3. The van der Waals surface area contributed by atoms with Crippen molar-refractivity contribution in [2.45, 2.75) is 26.1 Å². The van der Waals surface area contributed by atoms with Gasteiger partial charge in [-0.3, -0.25) is 9.69 Å². The Labute approximate surface area is 155 Å². The average molecular weight is 385 g/mol. The van der Waals surface area contributed by atoms with Crippen molar-refractivity contribution in [3.8, 4) is 0 Å². The molecule has 0 fully saturated rings. The standard InChI is InChI=1S/C19H20ClF3N2O/c1-2-25(13-14-6-4-3-5-7-14)11-10-18(26)24-17-12-15(19(21,22)23)8-9-16(17)20/h3-9,12H,2,10-11,13H2,1H3,(H,24,26). The second kappa shape index (κ2) is 9.05. The highest BCUT2D eigenvalue weighted by atomic mass is 35.5. The molecule has 2 rings (SSSR count). The van der Waals surface area contributed by atoms with E-state index in [1.54, 1.807) is 0 Å². The maximum absolute atomic E-state index is 12.8. The molecule has 1 N–H and O–H groups in total. The van der Waals surface area contributed by atoms with Crippen molar-refractivity contribution in [2.24, 2.45) is 0 Å². The Balaban J connectivity index is 1.94. The van der Waals surface area contributed by atoms with E-state index in [2.05, 4.69) is 10.2 Å². The van der Waals surface area contributed by atoms with Gasteiger partial charge in [0.2, 0.25) is 5.91 Å². The summed E-state index contributed by atoms with van der Waals surface area (Å²) in [4.78, 5) is 14.2. The third-order valence-corrected chi connectivity index (χ3v) is 4.25. The van der Waals surface area contributed by atoms with Crippen LogP contribution in [0.4, 0.5) is 18.9 Å². The van der Waals surface area contributed by atoms with Crippen LogP contribution in [0.1, 0.15) is 24.5 Å². The van der Waals surface area contributed by atoms with Crippen LogP contribution in [0.25, 0.3) is 0 Å². The van der Waals surface area contributed by atoms with Crippen molar-refractivity contribution in [3.63, 3.8) is 0 Å². The monoisotopic (exact) mass is 384 g/mol. The van der Waals surface area contributed by atoms with Crippen LogP contribution in [0.15, 0.2) is 48.5 Å². The van der Waals surface area contributed by atoms with Crippen molar-refractivity contribution in [1.82, 2.24) is 4.90 Å². The van der Waals surface area contributed by atoms with E-state index >= 15 is 0 Å². The lowest BCUT2D eigenvalue weighted by atomic mass is 10.2. The first kappa shape index (κ1) is 20.3. The topological polar surface area (TPSA) is 32.3 Å². The minimum Gasteiger partial charge on any atom is -0.325 e. The molecule has 7 heteroatoms. The Hall–Kier alpha value is -2.05. The van der Waals surface area contributed by atoms with Gasteiger partial charge in [-0.2, -0.15) is 13.2 Å². The minimum absolute atomic E-state index is 0.0300. The van der Waals surface area contributed by atoms with Gasteiger partial charge in [-0.25, -0.2) is 0 Å². The summed E-state index contributed by atoms with van der Waals surface area (Å²) in [6, 6.07) is 12.7. The maximum atomic E-state index is 12.8. The number of nitrogens with one attached hydrogen (secondary N) is 1. The zero-order valence-corrected chi connectivity index (χ0v) is 15.1. The second-order valence-electron chi connectivity index (χ2n) is 5.84. The highest BCUT2D eigenvalue weighted by Crippen LogP contribution is 2.33. The van der Waals surface area contributed by atoms with Crippen molar-refractivity contribution < 1.29 is 18.0 Å². The van der Waals surface area contributed by atoms with Crippen LogP contribution in [0.2, 0.25) is 5.02 Å². The molecular formula is C19H20ClF3N2O. The van der Waals surface area contributed by atoms with Crippen LogP contribution in [-0.2, 0) is 17.5 Å². The van der Waals surface area contributed by atoms with Crippen LogP contribution in [0, 0.1) is 0 Å². The molecule has 140 valence electrons. The van der Waals surface area contributed by atoms with E-state index in [1.165, 1.54) is 0 Å². The van der Waals surface area contributed by atoms with Crippen molar-refractivity contribution in [2.75, 3.05) is 18.4 Å². The number of hydrogen-bond acceptors (Lipinski definition) is 2. The Bertz CT molecular complexity index is 735. The molecule has 0 unspecified atom stereocenters. The molecule has 26 heavy (non-hydrogen) atoms. The van der Waals surface area contributed by atoms with Gasteiger partial charge in [0.05, 0.1) is 16.3 Å². The molecule has 0 aliphatic carbocycles. The maximum Gasteiger partial charge on any atom is 0.416 e. The molecule has 0 bridgehead atoms. The van der Waals surface area contributed by atoms with Gasteiger partial charge in [-0.05, 0) is 30.3 Å². The van der Waals surface area contributed by atoms with Crippen LogP contribution in [0.3, 0.4) is 0 Å². The van der Waals surface area contributed by atoms with Gasteiger partial charge in [0.25, 0.3) is 0 Å². The molecule has 0 heterocycles. The fourth-order valence-electron chi connectivity index (χ4n) is 2.46. The molecule has 2 aromatic carbocycles. The first-order chi connectivity index (χ1) is 12.3. The summed E-state index contributed by atoms with van der Waals surface area (Å²) in [7, 11) is 0. The molecule has 1 amide bonds. The van der Waals surface area contributed by atoms with Crippen LogP contribution in [0.5, 0.6) is 0 Å². The summed E-state index contributed by atoms with van der Waals surface area (Å²) in [5, 5.41) is 2.54. The second-order valence-corrected chi connectivity index (χ2v) is 6.25. The van der Waals surface area contributed by atoms with E-state index < -0.39 is 11.7 Å². The lowest BCUT2D eigenvalue weighted by molar-refractivity contribution is -0.137. The SMILES string of the molecule is CCN(CCC(=O)Nc1cc(C(F)(F)F)ccc1Cl)Cc1ccccc1. The van der Waals surface area contributed by atoms with Crippen molar-refractivity contribution in [1.29, 1.82) is 0 Å². The number of amides is 1. The Morgan fingerprint density at radius 3 is 2.46 bits per heavy atom. The van der Waals surface area contributed by atoms with Crippen LogP contribution < -0.4 is 5.32 Å². The van der Waals surface area contributed by atoms with Gasteiger partial charge in [-0.1, -0.05) is 48.9 Å². The first-order valence-electron chi connectivity index (χ1n) is 8.22. The molecule has 0 aliphatic rings. The van der Waals surface area contributed by atoms with E-state index in [9.17, 15) is 18.0 Å². The van der Waals surface area contributed by atoms with E-state index in [0.717, 1.165) is 30.3 Å². The normalized spacial score (nSPS) is 11.6. The molecule has 0 spiro atoms. The molecule has 0 aromatic heterocycles. The van der Waals surface area contributed by atoms with Crippen molar-refractivity contribution in [3.05, 3.63) is 64.7 Å². The van der Waals surface area contributed by atoms with Crippen LogP contribution in [-0.4, -0.2) is 23.9 Å². The number of rotatable bonds is 7. The van der Waals surface area contributed by atoms with Gasteiger partial charge in [-0.15, -0.1) is 0 Å². The van der Waals surface area contributed by atoms with Gasteiger partial charge >= 0.3 is 6.18 Å². The van der Waals surface area contributed by atoms with E-state index in [1.807, 2.05) is 37.3 Å². The van der Waals surface area contributed by atoms with Gasteiger partial charge < -0.3 is 5.32 Å². The number of halogens is 4. The van der Waals surface area contributed by atoms with Crippen LogP contribution >= 0.6 is 11.6 Å². The third kappa shape index (κ3) is 6.04. The zero-order valence-electron chi connectivity index (χ0n) is 14.3. The fourth-order valence-corrected chi connectivity index (χ4v) is 2.63. The average Bonchev–Trinajstić information content (AvgIpc) is 2.60. The molecule has 3 nitrogen and oxygen atoms in total. The summed E-state index contributed by atoms with van der Waals surface area (Å²) in [5.74, 6) is -0.377. The number of hydrogen-bond donors (Lipinski definition) is 1. The smallest absolute Gasteiger partial charge is 0.325 e. The van der Waals surface area contributed by atoms with Gasteiger partial charge in [0.15, 0.2) is 0 Å². The van der Waals surface area contributed by atoms with Gasteiger partial charge in [0.1, 0.15) is 0 Å². The number of carbonyl (C=O) groups is 1. The number of benzene rings is 2. The molecule has 0 aliphatic heterocycles. The molecule has 0 radical (unpaired) electrons. The lowest BCUT2D eigenvalue weighted by Gasteiger charge is -2.20. The molecule has 0 atom stereocenters. The van der Waals surface area contributed by atoms with Crippen molar-refractivity contribution >= 4 is 23.2 Å². The number of anilines is 1. The van der Waals surface area contributed by atoms with E-state index in [0.29, 0.717) is 13.1 Å². The molecular weight excluding hydrogens is 365 g/mol. The minimum atomic E-state index is -4.49. The zero-order chi connectivity index (χ0) is 19.2. The Morgan fingerprint density at radius 2 is 1.85 bits per heavy atom. The summed E-state index contributed by atoms with van der Waals surface area (Å²) in [6.07, 6.45) is -4.33. The fraction of sp³-hybridized carbons (Fsp3) is 0.316. The predicted octanol–water partition coefficient (Wildman–Crippen LogP) is 5.21.